The molecule has 1 fully saturated rings. The van der Waals surface area contributed by atoms with Crippen LogP contribution in [-0.4, -0.2) is 43.4 Å². The summed E-state index contributed by atoms with van der Waals surface area (Å²) in [5.41, 5.74) is 0.651. The van der Waals surface area contributed by atoms with Crippen molar-refractivity contribution in [3.8, 4) is 0 Å². The van der Waals surface area contributed by atoms with Crippen LogP contribution in [0, 0.1) is 5.92 Å². The molecule has 22 heavy (non-hydrogen) atoms. The van der Waals surface area contributed by atoms with Gasteiger partial charge in [0.05, 0.1) is 23.4 Å². The molecule has 2 rings (SSSR count). The molecule has 1 aromatic rings. The molecule has 0 bridgehead atoms. The van der Waals surface area contributed by atoms with Crippen LogP contribution in [0.1, 0.15) is 27.2 Å². The topological polar surface area (TPSA) is 79.4 Å². The lowest BCUT2D eigenvalue weighted by Crippen LogP contribution is -2.36. The molecular weight excluding hydrogens is 302 g/mol. The van der Waals surface area contributed by atoms with E-state index in [0.717, 1.165) is 5.82 Å². The van der Waals surface area contributed by atoms with Gasteiger partial charge in [-0.05, 0) is 25.5 Å². The number of rotatable bonds is 5. The van der Waals surface area contributed by atoms with Gasteiger partial charge in [0.1, 0.15) is 5.82 Å². The molecule has 2 heterocycles. The standard InChI is InChI=1S/C15H23N3O3S/c1-4-18(13-7-8-22(20,21)10-13)14-6-5-12(9-16-14)17-15(19)11(2)3/h5-6,9,11,13H,4,7-8,10H2,1-3H3,(H,17,19). The Morgan fingerprint density at radius 1 is 1.45 bits per heavy atom. The normalized spacial score (nSPS) is 20.1. The zero-order chi connectivity index (χ0) is 16.3. The summed E-state index contributed by atoms with van der Waals surface area (Å²) < 4.78 is 23.3. The SMILES string of the molecule is CCN(c1ccc(NC(=O)C(C)C)cn1)C1CCS(=O)(=O)C1. The van der Waals surface area contributed by atoms with Crippen LogP contribution in [0.15, 0.2) is 18.3 Å². The highest BCUT2D eigenvalue weighted by Crippen LogP contribution is 2.23. The van der Waals surface area contributed by atoms with Crippen molar-refractivity contribution in [1.82, 2.24) is 4.98 Å². The van der Waals surface area contributed by atoms with E-state index in [1.165, 1.54) is 0 Å². The molecule has 6 nitrogen and oxygen atoms in total. The molecule has 0 aliphatic carbocycles. The average Bonchev–Trinajstić information content (AvgIpc) is 2.81. The maximum Gasteiger partial charge on any atom is 0.226 e. The molecule has 7 heteroatoms. The minimum absolute atomic E-state index is 0.0152. The van der Waals surface area contributed by atoms with Gasteiger partial charge in [0.2, 0.25) is 5.91 Å². The number of amides is 1. The van der Waals surface area contributed by atoms with Crippen molar-refractivity contribution in [2.75, 3.05) is 28.3 Å². The molecule has 1 atom stereocenters. The van der Waals surface area contributed by atoms with E-state index < -0.39 is 9.84 Å². The highest BCUT2D eigenvalue weighted by molar-refractivity contribution is 7.91. The second-order valence-corrected chi connectivity index (χ2v) is 8.12. The lowest BCUT2D eigenvalue weighted by atomic mass is 10.2. The minimum atomic E-state index is -2.92. The van der Waals surface area contributed by atoms with Crippen molar-refractivity contribution in [2.45, 2.75) is 33.2 Å². The summed E-state index contributed by atoms with van der Waals surface area (Å²) in [7, 11) is -2.92. The van der Waals surface area contributed by atoms with E-state index >= 15 is 0 Å². The summed E-state index contributed by atoms with van der Waals surface area (Å²) in [4.78, 5) is 18.0. The fourth-order valence-electron chi connectivity index (χ4n) is 2.54. The highest BCUT2D eigenvalue weighted by atomic mass is 32.2. The molecule has 0 spiro atoms. The zero-order valence-electron chi connectivity index (χ0n) is 13.2. The third kappa shape index (κ3) is 3.97. The highest BCUT2D eigenvalue weighted by Gasteiger charge is 2.32. The number of hydrogen-bond acceptors (Lipinski definition) is 5. The van der Waals surface area contributed by atoms with Crippen LogP contribution >= 0.6 is 0 Å². The van der Waals surface area contributed by atoms with Crippen LogP contribution in [-0.2, 0) is 14.6 Å². The molecule has 1 saturated heterocycles. The molecule has 1 amide bonds. The Hall–Kier alpha value is -1.63. The average molecular weight is 325 g/mol. The van der Waals surface area contributed by atoms with E-state index in [4.69, 9.17) is 0 Å². The Morgan fingerprint density at radius 3 is 2.64 bits per heavy atom. The number of pyridine rings is 1. The van der Waals surface area contributed by atoms with Crippen LogP contribution in [0.5, 0.6) is 0 Å². The Balaban J connectivity index is 2.09. The first kappa shape index (κ1) is 16.7. The Labute approximate surface area is 131 Å². The van der Waals surface area contributed by atoms with Crippen molar-refractivity contribution in [3.63, 3.8) is 0 Å². The largest absolute Gasteiger partial charge is 0.353 e. The Morgan fingerprint density at radius 2 is 2.18 bits per heavy atom. The van der Waals surface area contributed by atoms with Crippen LogP contribution in [0.2, 0.25) is 0 Å². The predicted molar refractivity (Wildman–Crippen MR) is 87.8 cm³/mol. The number of sulfone groups is 1. The van der Waals surface area contributed by atoms with Crippen LogP contribution in [0.4, 0.5) is 11.5 Å². The van der Waals surface area contributed by atoms with E-state index in [1.54, 1.807) is 12.3 Å². The van der Waals surface area contributed by atoms with Crippen molar-refractivity contribution in [2.24, 2.45) is 5.92 Å². The minimum Gasteiger partial charge on any atom is -0.353 e. The molecule has 1 aliphatic rings. The molecule has 1 aromatic heterocycles. The van der Waals surface area contributed by atoms with Gasteiger partial charge in [0.15, 0.2) is 9.84 Å². The van der Waals surface area contributed by atoms with Gasteiger partial charge in [-0.25, -0.2) is 13.4 Å². The van der Waals surface area contributed by atoms with Gasteiger partial charge in [-0.2, -0.15) is 0 Å². The number of nitrogens with zero attached hydrogens (tertiary/aromatic N) is 2. The van der Waals surface area contributed by atoms with E-state index in [9.17, 15) is 13.2 Å². The summed E-state index contributed by atoms with van der Waals surface area (Å²) >= 11 is 0. The van der Waals surface area contributed by atoms with Crippen molar-refractivity contribution < 1.29 is 13.2 Å². The summed E-state index contributed by atoms with van der Waals surface area (Å²) in [6.45, 7) is 6.35. The molecule has 1 unspecified atom stereocenters. The van der Waals surface area contributed by atoms with Crippen LogP contribution in [0.25, 0.3) is 0 Å². The van der Waals surface area contributed by atoms with Gasteiger partial charge in [-0.15, -0.1) is 0 Å². The van der Waals surface area contributed by atoms with Crippen molar-refractivity contribution in [3.05, 3.63) is 18.3 Å². The monoisotopic (exact) mass is 325 g/mol. The van der Waals surface area contributed by atoms with E-state index in [0.29, 0.717) is 18.7 Å². The lowest BCUT2D eigenvalue weighted by molar-refractivity contribution is -0.118. The number of anilines is 2. The van der Waals surface area contributed by atoms with E-state index in [-0.39, 0.29) is 29.4 Å². The maximum absolute atomic E-state index is 11.7. The third-order valence-corrected chi connectivity index (χ3v) is 5.57. The molecule has 0 saturated carbocycles. The number of carbonyl (C=O) groups excluding carboxylic acids is 1. The van der Waals surface area contributed by atoms with Gasteiger partial charge in [0.25, 0.3) is 0 Å². The molecule has 1 aliphatic heterocycles. The second kappa shape index (κ2) is 6.64. The maximum atomic E-state index is 11.7. The van der Waals surface area contributed by atoms with E-state index in [1.807, 2.05) is 31.7 Å². The number of aromatic nitrogens is 1. The summed E-state index contributed by atoms with van der Waals surface area (Å²) in [5.74, 6) is 1.04. The Bertz CT molecular complexity index is 626. The molecule has 122 valence electrons. The van der Waals surface area contributed by atoms with Crippen molar-refractivity contribution in [1.29, 1.82) is 0 Å². The summed E-state index contributed by atoms with van der Waals surface area (Å²) in [5, 5.41) is 2.79. The summed E-state index contributed by atoms with van der Waals surface area (Å²) in [6.07, 6.45) is 2.26. The van der Waals surface area contributed by atoms with Gasteiger partial charge in [0, 0.05) is 18.5 Å². The van der Waals surface area contributed by atoms with Crippen molar-refractivity contribution >= 4 is 27.2 Å². The van der Waals surface area contributed by atoms with E-state index in [2.05, 4.69) is 10.3 Å². The Kier molecular flexibility index (Phi) is 5.05. The second-order valence-electron chi connectivity index (χ2n) is 5.89. The molecule has 0 radical (unpaired) electrons. The fourth-order valence-corrected chi connectivity index (χ4v) is 4.28. The number of carbonyl (C=O) groups is 1. The molecular formula is C15H23N3O3S. The predicted octanol–water partition coefficient (Wildman–Crippen LogP) is 1.69. The first-order valence-corrected chi connectivity index (χ1v) is 9.38. The quantitative estimate of drug-likeness (QED) is 0.891. The molecule has 1 N–H and O–H groups in total. The lowest BCUT2D eigenvalue weighted by Gasteiger charge is -2.28. The fraction of sp³-hybridized carbons (Fsp3) is 0.600. The van der Waals surface area contributed by atoms with Gasteiger partial charge in [-0.3, -0.25) is 4.79 Å². The molecule has 0 aromatic carbocycles. The zero-order valence-corrected chi connectivity index (χ0v) is 14.1. The first-order chi connectivity index (χ1) is 10.3. The van der Waals surface area contributed by atoms with Crippen LogP contribution in [0.3, 0.4) is 0 Å². The third-order valence-electron chi connectivity index (χ3n) is 3.82. The van der Waals surface area contributed by atoms with Gasteiger partial charge >= 0.3 is 0 Å². The summed E-state index contributed by atoms with van der Waals surface area (Å²) in [6, 6.07) is 3.61. The van der Waals surface area contributed by atoms with Crippen LogP contribution < -0.4 is 10.2 Å². The number of nitrogens with one attached hydrogen (secondary N) is 1. The van der Waals surface area contributed by atoms with Gasteiger partial charge in [-0.1, -0.05) is 13.8 Å². The smallest absolute Gasteiger partial charge is 0.226 e. The number of hydrogen-bond donors (Lipinski definition) is 1. The first-order valence-electron chi connectivity index (χ1n) is 7.56. The van der Waals surface area contributed by atoms with Gasteiger partial charge < -0.3 is 10.2 Å².